The minimum Gasteiger partial charge on any atom is -0.332 e. The summed E-state index contributed by atoms with van der Waals surface area (Å²) in [5, 5.41) is 9.21. The smallest absolute Gasteiger partial charge is 0.274 e. The molecule has 2 rings (SSSR count). The third-order valence-electron chi connectivity index (χ3n) is 2.66. The second-order valence-corrected chi connectivity index (χ2v) is 3.86. The molecule has 0 aromatic carbocycles. The van der Waals surface area contributed by atoms with Crippen molar-refractivity contribution in [2.24, 2.45) is 0 Å². The van der Waals surface area contributed by atoms with Crippen LogP contribution in [0.3, 0.4) is 0 Å². The molecule has 0 spiro atoms. The van der Waals surface area contributed by atoms with Gasteiger partial charge >= 0.3 is 0 Å². The van der Waals surface area contributed by atoms with E-state index in [0.29, 0.717) is 6.54 Å². The van der Waals surface area contributed by atoms with E-state index in [1.807, 2.05) is 6.92 Å². The van der Waals surface area contributed by atoms with Gasteiger partial charge in [-0.15, -0.1) is 0 Å². The predicted molar refractivity (Wildman–Crippen MR) is 58.2 cm³/mol. The van der Waals surface area contributed by atoms with E-state index in [-0.39, 0.29) is 23.2 Å². The van der Waals surface area contributed by atoms with Gasteiger partial charge in [0.2, 0.25) is 0 Å². The Morgan fingerprint density at radius 2 is 2.38 bits per heavy atom. The Labute approximate surface area is 92.7 Å². The van der Waals surface area contributed by atoms with Crippen LogP contribution < -0.4 is 10.9 Å². The summed E-state index contributed by atoms with van der Waals surface area (Å²) in [6.07, 6.45) is 0. The maximum absolute atomic E-state index is 12.0. The van der Waals surface area contributed by atoms with Crippen LogP contribution in [0.4, 0.5) is 0 Å². The summed E-state index contributed by atoms with van der Waals surface area (Å²) >= 11 is 0. The zero-order valence-electron chi connectivity index (χ0n) is 9.06. The number of aromatic amines is 1. The minimum atomic E-state index is -0.301. The van der Waals surface area contributed by atoms with Crippen LogP contribution in [0, 0.1) is 0 Å². The number of H-pyrrole nitrogens is 1. The third-order valence-corrected chi connectivity index (χ3v) is 2.66. The van der Waals surface area contributed by atoms with Gasteiger partial charge in [-0.25, -0.2) is 5.10 Å². The summed E-state index contributed by atoms with van der Waals surface area (Å²) in [7, 11) is 0. The molecule has 1 aromatic rings. The Morgan fingerprint density at radius 1 is 1.56 bits per heavy atom. The predicted octanol–water partition coefficient (Wildman–Crippen LogP) is -0.796. The zero-order valence-corrected chi connectivity index (χ0v) is 9.06. The summed E-state index contributed by atoms with van der Waals surface area (Å²) in [5.41, 5.74) is -0.0155. The molecule has 0 bridgehead atoms. The van der Waals surface area contributed by atoms with Crippen LogP contribution >= 0.6 is 0 Å². The van der Waals surface area contributed by atoms with E-state index in [9.17, 15) is 9.59 Å². The van der Waals surface area contributed by atoms with Gasteiger partial charge in [-0.3, -0.25) is 9.59 Å². The fraction of sp³-hybridized carbons (Fsp3) is 0.500. The first kappa shape index (κ1) is 10.8. The maximum atomic E-state index is 12.0. The number of aromatic nitrogens is 2. The minimum absolute atomic E-state index is 0.134. The van der Waals surface area contributed by atoms with E-state index in [2.05, 4.69) is 15.5 Å². The fourth-order valence-corrected chi connectivity index (χ4v) is 1.75. The number of hydrogen-bond acceptors (Lipinski definition) is 4. The lowest BCUT2D eigenvalue weighted by Gasteiger charge is -2.33. The molecule has 0 saturated carbocycles. The average molecular weight is 222 g/mol. The number of amides is 1. The van der Waals surface area contributed by atoms with E-state index < -0.39 is 0 Å². The molecule has 86 valence electrons. The van der Waals surface area contributed by atoms with Crippen molar-refractivity contribution in [3.05, 3.63) is 28.2 Å². The normalized spacial score (nSPS) is 20.8. The number of carbonyl (C=O) groups is 1. The second-order valence-electron chi connectivity index (χ2n) is 3.86. The van der Waals surface area contributed by atoms with Crippen LogP contribution in [0.15, 0.2) is 16.9 Å². The van der Waals surface area contributed by atoms with Crippen molar-refractivity contribution in [1.82, 2.24) is 20.4 Å². The number of rotatable bonds is 1. The lowest BCUT2D eigenvalue weighted by atomic mass is 10.2. The number of carbonyl (C=O) groups excluding carboxylic acids is 1. The van der Waals surface area contributed by atoms with Gasteiger partial charge in [-0.05, 0) is 13.0 Å². The highest BCUT2D eigenvalue weighted by Crippen LogP contribution is 2.06. The first-order valence-corrected chi connectivity index (χ1v) is 5.26. The monoisotopic (exact) mass is 222 g/mol. The standard InChI is InChI=1S/C10H14N4O2/c1-7-6-11-4-5-14(7)10(16)8-2-3-9(15)13-12-8/h2-3,7,11H,4-6H2,1H3,(H,13,15)/t7-/m0/s1. The molecule has 1 amide bonds. The van der Waals surface area contributed by atoms with Crippen molar-refractivity contribution in [2.45, 2.75) is 13.0 Å². The van der Waals surface area contributed by atoms with Crippen molar-refractivity contribution >= 4 is 5.91 Å². The number of nitrogens with one attached hydrogen (secondary N) is 2. The molecule has 16 heavy (non-hydrogen) atoms. The average Bonchev–Trinajstić information content (AvgIpc) is 2.30. The summed E-state index contributed by atoms with van der Waals surface area (Å²) < 4.78 is 0. The van der Waals surface area contributed by atoms with Gasteiger partial charge < -0.3 is 10.2 Å². The molecule has 2 heterocycles. The molecule has 6 nitrogen and oxygen atoms in total. The molecule has 1 aromatic heterocycles. The molecular weight excluding hydrogens is 208 g/mol. The lowest BCUT2D eigenvalue weighted by Crippen LogP contribution is -2.52. The molecule has 1 atom stereocenters. The Kier molecular flexibility index (Phi) is 3.00. The van der Waals surface area contributed by atoms with Gasteiger partial charge in [0.15, 0.2) is 0 Å². The van der Waals surface area contributed by atoms with Crippen molar-refractivity contribution in [3.8, 4) is 0 Å². The first-order valence-electron chi connectivity index (χ1n) is 5.26. The van der Waals surface area contributed by atoms with E-state index in [0.717, 1.165) is 13.1 Å². The second kappa shape index (κ2) is 4.44. The van der Waals surface area contributed by atoms with E-state index in [4.69, 9.17) is 0 Å². The molecule has 0 radical (unpaired) electrons. The van der Waals surface area contributed by atoms with Crippen molar-refractivity contribution in [2.75, 3.05) is 19.6 Å². The molecule has 0 unspecified atom stereocenters. The Balaban J connectivity index is 2.17. The molecule has 1 aliphatic rings. The molecule has 6 heteroatoms. The first-order chi connectivity index (χ1) is 7.68. The topological polar surface area (TPSA) is 78.1 Å². The largest absolute Gasteiger partial charge is 0.332 e. The Bertz CT molecular complexity index is 422. The van der Waals surface area contributed by atoms with Crippen LogP contribution in [-0.4, -0.2) is 46.7 Å². The summed E-state index contributed by atoms with van der Waals surface area (Å²) in [5.74, 6) is -0.134. The van der Waals surface area contributed by atoms with Gasteiger partial charge in [-0.1, -0.05) is 0 Å². The highest BCUT2D eigenvalue weighted by molar-refractivity contribution is 5.92. The van der Waals surface area contributed by atoms with Crippen molar-refractivity contribution in [3.63, 3.8) is 0 Å². The summed E-state index contributed by atoms with van der Waals surface area (Å²) in [4.78, 5) is 24.6. The van der Waals surface area contributed by atoms with E-state index in [1.165, 1.54) is 12.1 Å². The van der Waals surface area contributed by atoms with E-state index >= 15 is 0 Å². The van der Waals surface area contributed by atoms with Gasteiger partial charge in [-0.2, -0.15) is 5.10 Å². The highest BCUT2D eigenvalue weighted by Gasteiger charge is 2.24. The van der Waals surface area contributed by atoms with Crippen molar-refractivity contribution < 1.29 is 4.79 Å². The molecule has 1 saturated heterocycles. The van der Waals surface area contributed by atoms with Crippen LogP contribution in [0.25, 0.3) is 0 Å². The quantitative estimate of drug-likeness (QED) is 0.652. The summed E-state index contributed by atoms with van der Waals surface area (Å²) in [6.45, 7) is 4.23. The lowest BCUT2D eigenvalue weighted by molar-refractivity contribution is 0.0648. The van der Waals surface area contributed by atoms with Gasteiger partial charge in [0.05, 0.1) is 0 Å². The van der Waals surface area contributed by atoms with Crippen LogP contribution in [0.5, 0.6) is 0 Å². The van der Waals surface area contributed by atoms with Crippen LogP contribution in [-0.2, 0) is 0 Å². The Morgan fingerprint density at radius 3 is 3.00 bits per heavy atom. The summed E-state index contributed by atoms with van der Waals surface area (Å²) in [6, 6.07) is 2.92. The van der Waals surface area contributed by atoms with Gasteiger partial charge in [0.1, 0.15) is 5.69 Å². The molecule has 1 aliphatic heterocycles. The number of hydrogen-bond donors (Lipinski definition) is 2. The van der Waals surface area contributed by atoms with Crippen LogP contribution in [0.2, 0.25) is 0 Å². The van der Waals surface area contributed by atoms with Crippen molar-refractivity contribution in [1.29, 1.82) is 0 Å². The SMILES string of the molecule is C[C@H]1CNCCN1C(=O)c1ccc(=O)[nH]n1. The third kappa shape index (κ3) is 2.11. The highest BCUT2D eigenvalue weighted by atomic mass is 16.2. The van der Waals surface area contributed by atoms with Gasteiger partial charge in [0.25, 0.3) is 11.5 Å². The molecule has 0 aliphatic carbocycles. The van der Waals surface area contributed by atoms with Crippen LogP contribution in [0.1, 0.15) is 17.4 Å². The molecular formula is C10H14N4O2. The van der Waals surface area contributed by atoms with Gasteiger partial charge in [0, 0.05) is 31.7 Å². The Hall–Kier alpha value is -1.69. The zero-order chi connectivity index (χ0) is 11.5. The molecule has 1 fully saturated rings. The fourth-order valence-electron chi connectivity index (χ4n) is 1.75. The maximum Gasteiger partial charge on any atom is 0.274 e. The molecule has 2 N–H and O–H groups in total. The number of nitrogens with zero attached hydrogens (tertiary/aromatic N) is 2. The number of piperazine rings is 1. The van der Waals surface area contributed by atoms with E-state index in [1.54, 1.807) is 4.90 Å².